The molecule has 0 radical (unpaired) electrons. The molecule has 0 saturated heterocycles. The summed E-state index contributed by atoms with van der Waals surface area (Å²) in [7, 11) is 0. The van der Waals surface area contributed by atoms with Crippen LogP contribution in [0.3, 0.4) is 0 Å². The monoisotopic (exact) mass is 279 g/mol. The van der Waals surface area contributed by atoms with Crippen LogP contribution in [-0.4, -0.2) is 15.8 Å². The van der Waals surface area contributed by atoms with Crippen molar-refractivity contribution in [3.63, 3.8) is 0 Å². The molecule has 1 aromatic heterocycles. The van der Waals surface area contributed by atoms with Gasteiger partial charge in [0.2, 0.25) is 0 Å². The fraction of sp³-hybridized carbons (Fsp3) is 0.571. The Morgan fingerprint density at radius 1 is 1.47 bits per heavy atom. The summed E-state index contributed by atoms with van der Waals surface area (Å²) in [6.07, 6.45) is 8.43. The van der Waals surface area contributed by atoms with E-state index in [0.717, 1.165) is 11.8 Å². The second kappa shape index (κ2) is 5.00. The van der Waals surface area contributed by atoms with Gasteiger partial charge < -0.3 is 5.32 Å². The van der Waals surface area contributed by atoms with Crippen LogP contribution < -0.4 is 10.9 Å². The minimum Gasteiger partial charge on any atom is -0.379 e. The standard InChI is InChI=1S/C14H18ClN3O/c1-2-7-18-14(19)12(15)11(8-16-18)17-13(9-3-4-9)10-5-6-10/h2,8-10,13,17H,1,3-7H2. The smallest absolute Gasteiger partial charge is 0.287 e. The lowest BCUT2D eigenvalue weighted by molar-refractivity contribution is 0.565. The van der Waals surface area contributed by atoms with Crippen molar-refractivity contribution in [2.75, 3.05) is 5.32 Å². The molecule has 1 heterocycles. The summed E-state index contributed by atoms with van der Waals surface area (Å²) in [5.41, 5.74) is 0.424. The zero-order valence-corrected chi connectivity index (χ0v) is 11.6. The van der Waals surface area contributed by atoms with Crippen molar-refractivity contribution in [1.82, 2.24) is 9.78 Å². The molecule has 0 aromatic carbocycles. The van der Waals surface area contributed by atoms with Gasteiger partial charge in [-0.15, -0.1) is 6.58 Å². The van der Waals surface area contributed by atoms with Crippen molar-refractivity contribution in [3.8, 4) is 0 Å². The maximum atomic E-state index is 12.0. The Hall–Kier alpha value is -1.29. The second-order valence-corrected chi connectivity index (χ2v) is 5.87. The molecule has 19 heavy (non-hydrogen) atoms. The minimum atomic E-state index is -0.253. The molecule has 0 amide bonds. The second-order valence-electron chi connectivity index (χ2n) is 5.49. The third kappa shape index (κ3) is 2.68. The number of nitrogens with one attached hydrogen (secondary N) is 1. The van der Waals surface area contributed by atoms with Gasteiger partial charge in [-0.05, 0) is 37.5 Å². The molecule has 2 fully saturated rings. The van der Waals surface area contributed by atoms with Crippen LogP contribution in [0.4, 0.5) is 5.69 Å². The number of anilines is 1. The van der Waals surface area contributed by atoms with Gasteiger partial charge in [-0.3, -0.25) is 4.79 Å². The summed E-state index contributed by atoms with van der Waals surface area (Å²) < 4.78 is 1.32. The zero-order chi connectivity index (χ0) is 13.4. The summed E-state index contributed by atoms with van der Waals surface area (Å²) >= 11 is 6.16. The van der Waals surface area contributed by atoms with Gasteiger partial charge in [-0.1, -0.05) is 17.7 Å². The SMILES string of the molecule is C=CCn1ncc(NC(C2CC2)C2CC2)c(Cl)c1=O. The van der Waals surface area contributed by atoms with Gasteiger partial charge in [-0.2, -0.15) is 5.10 Å². The van der Waals surface area contributed by atoms with Crippen molar-refractivity contribution in [1.29, 1.82) is 0 Å². The Morgan fingerprint density at radius 2 is 2.11 bits per heavy atom. The van der Waals surface area contributed by atoms with E-state index in [-0.39, 0.29) is 10.6 Å². The van der Waals surface area contributed by atoms with Gasteiger partial charge in [0, 0.05) is 6.04 Å². The van der Waals surface area contributed by atoms with Gasteiger partial charge in [0.15, 0.2) is 0 Å². The first kappa shape index (κ1) is 12.7. The molecule has 1 N–H and O–H groups in total. The molecule has 0 spiro atoms. The lowest BCUT2D eigenvalue weighted by Gasteiger charge is -2.19. The predicted octanol–water partition coefficient (Wildman–Crippen LogP) is 2.68. The highest BCUT2D eigenvalue weighted by Crippen LogP contribution is 2.46. The molecular formula is C14H18ClN3O. The van der Waals surface area contributed by atoms with E-state index < -0.39 is 0 Å². The third-order valence-corrected chi connectivity index (χ3v) is 4.23. The van der Waals surface area contributed by atoms with E-state index in [9.17, 15) is 4.79 Å². The summed E-state index contributed by atoms with van der Waals surface area (Å²) in [5.74, 6) is 1.50. The number of nitrogens with zero attached hydrogens (tertiary/aromatic N) is 2. The third-order valence-electron chi connectivity index (χ3n) is 3.87. The van der Waals surface area contributed by atoms with Crippen LogP contribution in [0.5, 0.6) is 0 Å². The molecule has 4 nitrogen and oxygen atoms in total. The highest BCUT2D eigenvalue weighted by molar-refractivity contribution is 6.32. The Balaban J connectivity index is 1.82. The van der Waals surface area contributed by atoms with Crippen LogP contribution in [0.1, 0.15) is 25.7 Å². The van der Waals surface area contributed by atoms with E-state index in [1.807, 2.05) is 0 Å². The van der Waals surface area contributed by atoms with Crippen molar-refractivity contribution in [3.05, 3.63) is 34.2 Å². The van der Waals surface area contributed by atoms with Crippen LogP contribution in [0.2, 0.25) is 5.02 Å². The number of rotatable bonds is 6. The summed E-state index contributed by atoms with van der Waals surface area (Å²) in [4.78, 5) is 12.0. The lowest BCUT2D eigenvalue weighted by atomic mass is 10.1. The maximum absolute atomic E-state index is 12.0. The Labute approximate surface area is 117 Å². The van der Waals surface area contributed by atoms with Crippen LogP contribution in [-0.2, 0) is 6.54 Å². The largest absolute Gasteiger partial charge is 0.379 e. The van der Waals surface area contributed by atoms with E-state index in [1.54, 1.807) is 12.3 Å². The topological polar surface area (TPSA) is 46.9 Å². The first-order chi connectivity index (χ1) is 9.20. The highest BCUT2D eigenvalue weighted by atomic mass is 35.5. The number of hydrogen-bond acceptors (Lipinski definition) is 3. The van der Waals surface area contributed by atoms with Crippen molar-refractivity contribution in [2.45, 2.75) is 38.3 Å². The summed E-state index contributed by atoms with van der Waals surface area (Å²) in [6.45, 7) is 3.98. The molecular weight excluding hydrogens is 262 g/mol. The van der Waals surface area contributed by atoms with Crippen molar-refractivity contribution >= 4 is 17.3 Å². The lowest BCUT2D eigenvalue weighted by Crippen LogP contribution is -2.28. The van der Waals surface area contributed by atoms with E-state index in [0.29, 0.717) is 18.3 Å². The van der Waals surface area contributed by atoms with Gasteiger partial charge in [0.05, 0.1) is 18.4 Å². The Bertz CT molecular complexity index is 534. The Morgan fingerprint density at radius 3 is 2.63 bits per heavy atom. The summed E-state index contributed by atoms with van der Waals surface area (Å²) in [6, 6.07) is 0.467. The van der Waals surface area contributed by atoms with E-state index in [4.69, 9.17) is 11.6 Å². The molecule has 0 atom stereocenters. The molecule has 0 aliphatic heterocycles. The number of halogens is 1. The first-order valence-electron chi connectivity index (χ1n) is 6.83. The molecule has 2 saturated carbocycles. The summed E-state index contributed by atoms with van der Waals surface area (Å²) in [5, 5.41) is 7.81. The van der Waals surface area contributed by atoms with Gasteiger partial charge >= 0.3 is 0 Å². The van der Waals surface area contributed by atoms with Crippen molar-refractivity contribution < 1.29 is 0 Å². The van der Waals surface area contributed by atoms with Crippen LogP contribution >= 0.6 is 11.6 Å². The van der Waals surface area contributed by atoms with E-state index >= 15 is 0 Å². The molecule has 0 bridgehead atoms. The molecule has 2 aliphatic carbocycles. The van der Waals surface area contributed by atoms with E-state index in [2.05, 4.69) is 17.0 Å². The van der Waals surface area contributed by atoms with Gasteiger partial charge in [0.25, 0.3) is 5.56 Å². The average Bonchev–Trinajstić information content (AvgIpc) is 3.27. The van der Waals surface area contributed by atoms with Crippen LogP contribution in [0.15, 0.2) is 23.6 Å². The Kier molecular flexibility index (Phi) is 3.35. The fourth-order valence-corrected chi connectivity index (χ4v) is 2.73. The quantitative estimate of drug-likeness (QED) is 0.815. The van der Waals surface area contributed by atoms with E-state index in [1.165, 1.54) is 30.4 Å². The molecule has 0 unspecified atom stereocenters. The number of aromatic nitrogens is 2. The molecule has 102 valence electrons. The number of allylic oxidation sites excluding steroid dienone is 1. The van der Waals surface area contributed by atoms with Gasteiger partial charge in [-0.25, -0.2) is 4.68 Å². The fourth-order valence-electron chi connectivity index (χ4n) is 2.53. The van der Waals surface area contributed by atoms with Crippen LogP contribution in [0.25, 0.3) is 0 Å². The molecule has 2 aliphatic rings. The molecule has 1 aromatic rings. The maximum Gasteiger partial charge on any atom is 0.287 e. The molecule has 3 rings (SSSR count). The highest BCUT2D eigenvalue weighted by Gasteiger charge is 2.41. The first-order valence-corrected chi connectivity index (χ1v) is 7.21. The predicted molar refractivity (Wildman–Crippen MR) is 76.6 cm³/mol. The number of hydrogen-bond donors (Lipinski definition) is 1. The van der Waals surface area contributed by atoms with Crippen molar-refractivity contribution in [2.24, 2.45) is 11.8 Å². The zero-order valence-electron chi connectivity index (χ0n) is 10.8. The average molecular weight is 280 g/mol. The minimum absolute atomic E-state index is 0.239. The van der Waals surface area contributed by atoms with Gasteiger partial charge in [0.1, 0.15) is 5.02 Å². The normalized spacial score (nSPS) is 18.6. The van der Waals surface area contributed by atoms with Crippen LogP contribution in [0, 0.1) is 11.8 Å². The molecule has 5 heteroatoms.